The maximum Gasteiger partial charge on any atom is 0.119 e. The van der Waals surface area contributed by atoms with Gasteiger partial charge in [-0.25, -0.2) is 0 Å². The van der Waals surface area contributed by atoms with E-state index in [0.29, 0.717) is 6.61 Å². The van der Waals surface area contributed by atoms with E-state index >= 15 is 0 Å². The van der Waals surface area contributed by atoms with Crippen LogP contribution in [0.2, 0.25) is 0 Å². The largest absolute Gasteiger partial charge is 0.494 e. The SMILES string of the molecule is Cc1ccccc1C(C#N)CCOc1ccc2c(c1)CCC2. The molecule has 0 saturated carbocycles. The van der Waals surface area contributed by atoms with Crippen molar-refractivity contribution in [2.45, 2.75) is 38.5 Å². The summed E-state index contributed by atoms with van der Waals surface area (Å²) in [7, 11) is 0. The van der Waals surface area contributed by atoms with Crippen LogP contribution in [-0.4, -0.2) is 6.61 Å². The third-order valence-corrected chi connectivity index (χ3v) is 4.46. The predicted octanol–water partition coefficient (Wildman–Crippen LogP) is 4.56. The molecule has 3 rings (SSSR count). The van der Waals surface area contributed by atoms with Gasteiger partial charge in [0.2, 0.25) is 0 Å². The first-order valence-corrected chi connectivity index (χ1v) is 7.97. The van der Waals surface area contributed by atoms with Gasteiger partial charge in [-0.15, -0.1) is 0 Å². The molecule has 1 aliphatic rings. The molecule has 2 heteroatoms. The van der Waals surface area contributed by atoms with Crippen molar-refractivity contribution in [3.8, 4) is 11.8 Å². The lowest BCUT2D eigenvalue weighted by atomic mass is 9.94. The molecule has 0 fully saturated rings. The van der Waals surface area contributed by atoms with Gasteiger partial charge >= 0.3 is 0 Å². The molecule has 0 bridgehead atoms. The Morgan fingerprint density at radius 3 is 2.77 bits per heavy atom. The van der Waals surface area contributed by atoms with Crippen molar-refractivity contribution in [1.82, 2.24) is 0 Å². The fourth-order valence-electron chi connectivity index (χ4n) is 3.20. The minimum absolute atomic E-state index is 0.101. The molecule has 2 nitrogen and oxygen atoms in total. The van der Waals surface area contributed by atoms with E-state index in [4.69, 9.17) is 4.74 Å². The fourth-order valence-corrected chi connectivity index (χ4v) is 3.20. The third kappa shape index (κ3) is 3.14. The van der Waals surface area contributed by atoms with Crippen LogP contribution in [0, 0.1) is 18.3 Å². The first-order valence-electron chi connectivity index (χ1n) is 7.97. The van der Waals surface area contributed by atoms with Crippen LogP contribution in [0.3, 0.4) is 0 Å². The lowest BCUT2D eigenvalue weighted by Gasteiger charge is -2.13. The van der Waals surface area contributed by atoms with Crippen molar-refractivity contribution >= 4 is 0 Å². The van der Waals surface area contributed by atoms with Crippen LogP contribution in [-0.2, 0) is 12.8 Å². The average molecular weight is 291 g/mol. The molecule has 1 unspecified atom stereocenters. The monoisotopic (exact) mass is 291 g/mol. The number of fused-ring (bicyclic) bond motifs is 1. The summed E-state index contributed by atoms with van der Waals surface area (Å²) < 4.78 is 5.87. The zero-order chi connectivity index (χ0) is 15.4. The standard InChI is InChI=1S/C20H21NO/c1-15-5-2-3-8-20(15)18(14-21)11-12-22-19-10-9-16-6-4-7-17(16)13-19/h2-3,5,8-10,13,18H,4,6-7,11-12H2,1H3. The van der Waals surface area contributed by atoms with Gasteiger partial charge in [0.15, 0.2) is 0 Å². The molecule has 0 radical (unpaired) electrons. The Morgan fingerprint density at radius 1 is 1.14 bits per heavy atom. The Balaban J connectivity index is 1.60. The smallest absolute Gasteiger partial charge is 0.119 e. The van der Waals surface area contributed by atoms with Crippen molar-refractivity contribution in [3.63, 3.8) is 0 Å². The molecule has 22 heavy (non-hydrogen) atoms. The topological polar surface area (TPSA) is 33.0 Å². The third-order valence-electron chi connectivity index (χ3n) is 4.46. The van der Waals surface area contributed by atoms with Gasteiger partial charge in [-0.1, -0.05) is 30.3 Å². The molecule has 1 aliphatic carbocycles. The summed E-state index contributed by atoms with van der Waals surface area (Å²) >= 11 is 0. The molecule has 0 N–H and O–H groups in total. The Morgan fingerprint density at radius 2 is 1.95 bits per heavy atom. The van der Waals surface area contributed by atoms with Gasteiger partial charge in [-0.05, 0) is 60.6 Å². The summed E-state index contributed by atoms with van der Waals surface area (Å²) in [6.07, 6.45) is 4.33. The Hall–Kier alpha value is -2.27. The summed E-state index contributed by atoms with van der Waals surface area (Å²) in [6.45, 7) is 2.63. The number of rotatable bonds is 5. The van der Waals surface area contributed by atoms with Crippen molar-refractivity contribution in [1.29, 1.82) is 5.26 Å². The van der Waals surface area contributed by atoms with E-state index in [1.165, 1.54) is 29.5 Å². The van der Waals surface area contributed by atoms with Crippen LogP contribution in [0.1, 0.15) is 41.0 Å². The van der Waals surface area contributed by atoms with E-state index in [9.17, 15) is 5.26 Å². The van der Waals surface area contributed by atoms with Gasteiger partial charge in [0, 0.05) is 6.42 Å². The molecule has 0 heterocycles. The normalized spacial score (nSPS) is 14.2. The summed E-state index contributed by atoms with van der Waals surface area (Å²) in [6, 6.07) is 16.9. The molecule has 0 aliphatic heterocycles. The van der Waals surface area contributed by atoms with Crippen LogP contribution in [0.4, 0.5) is 0 Å². The van der Waals surface area contributed by atoms with Crippen molar-refractivity contribution in [2.75, 3.05) is 6.61 Å². The van der Waals surface area contributed by atoms with E-state index in [2.05, 4.69) is 37.3 Å². The second-order valence-corrected chi connectivity index (χ2v) is 5.96. The Labute approximate surface area is 132 Å². The molecular weight excluding hydrogens is 270 g/mol. The second-order valence-electron chi connectivity index (χ2n) is 5.96. The zero-order valence-electron chi connectivity index (χ0n) is 13.0. The van der Waals surface area contributed by atoms with Gasteiger partial charge in [0.25, 0.3) is 0 Å². The van der Waals surface area contributed by atoms with Crippen LogP contribution in [0.25, 0.3) is 0 Å². The first-order chi connectivity index (χ1) is 10.8. The van der Waals surface area contributed by atoms with Gasteiger partial charge in [-0.2, -0.15) is 5.26 Å². The minimum Gasteiger partial charge on any atom is -0.494 e. The van der Waals surface area contributed by atoms with E-state index in [0.717, 1.165) is 24.2 Å². The summed E-state index contributed by atoms with van der Waals surface area (Å²) in [5, 5.41) is 9.42. The van der Waals surface area contributed by atoms with E-state index < -0.39 is 0 Å². The molecule has 0 amide bonds. The van der Waals surface area contributed by atoms with Crippen LogP contribution >= 0.6 is 0 Å². The average Bonchev–Trinajstić information content (AvgIpc) is 3.00. The fraction of sp³-hybridized carbons (Fsp3) is 0.350. The molecule has 2 aromatic rings. The summed E-state index contributed by atoms with van der Waals surface area (Å²) in [5.74, 6) is 0.831. The van der Waals surface area contributed by atoms with E-state index in [1.54, 1.807) is 0 Å². The predicted molar refractivity (Wildman–Crippen MR) is 88.1 cm³/mol. The number of nitriles is 1. The summed E-state index contributed by atoms with van der Waals surface area (Å²) in [5.41, 5.74) is 5.17. The van der Waals surface area contributed by atoms with Crippen LogP contribution in [0.15, 0.2) is 42.5 Å². The number of hydrogen-bond acceptors (Lipinski definition) is 2. The van der Waals surface area contributed by atoms with E-state index in [1.807, 2.05) is 18.2 Å². The highest BCUT2D eigenvalue weighted by molar-refractivity contribution is 5.38. The van der Waals surface area contributed by atoms with Gasteiger partial charge < -0.3 is 4.74 Å². The zero-order valence-corrected chi connectivity index (χ0v) is 13.0. The van der Waals surface area contributed by atoms with Crippen LogP contribution < -0.4 is 4.74 Å². The molecule has 1 atom stereocenters. The molecule has 0 spiro atoms. The second kappa shape index (κ2) is 6.66. The quantitative estimate of drug-likeness (QED) is 0.809. The molecule has 0 aromatic heterocycles. The van der Waals surface area contributed by atoms with Crippen molar-refractivity contribution in [2.24, 2.45) is 0 Å². The molecule has 112 valence electrons. The number of ether oxygens (including phenoxy) is 1. The molecular formula is C20H21NO. The van der Waals surface area contributed by atoms with Crippen molar-refractivity contribution < 1.29 is 4.74 Å². The highest BCUT2D eigenvalue weighted by atomic mass is 16.5. The van der Waals surface area contributed by atoms with Gasteiger partial charge in [0.05, 0.1) is 18.6 Å². The number of benzene rings is 2. The Kier molecular flexibility index (Phi) is 4.44. The minimum atomic E-state index is -0.101. The lowest BCUT2D eigenvalue weighted by molar-refractivity contribution is 0.305. The van der Waals surface area contributed by atoms with Gasteiger partial charge in [0.1, 0.15) is 5.75 Å². The maximum absolute atomic E-state index is 9.42. The van der Waals surface area contributed by atoms with Crippen molar-refractivity contribution in [3.05, 3.63) is 64.7 Å². The number of hydrogen-bond donors (Lipinski definition) is 0. The van der Waals surface area contributed by atoms with E-state index in [-0.39, 0.29) is 5.92 Å². The first kappa shape index (κ1) is 14.7. The Bertz CT molecular complexity index is 699. The molecule has 0 saturated heterocycles. The highest BCUT2D eigenvalue weighted by Crippen LogP contribution is 2.27. The lowest BCUT2D eigenvalue weighted by Crippen LogP contribution is -2.06. The highest BCUT2D eigenvalue weighted by Gasteiger charge is 2.14. The van der Waals surface area contributed by atoms with Crippen LogP contribution in [0.5, 0.6) is 5.75 Å². The number of aryl methyl sites for hydroxylation is 3. The summed E-state index contributed by atoms with van der Waals surface area (Å²) in [4.78, 5) is 0. The van der Waals surface area contributed by atoms with Gasteiger partial charge in [-0.3, -0.25) is 0 Å². The maximum atomic E-state index is 9.42. The number of nitrogens with zero attached hydrogens (tertiary/aromatic N) is 1. The molecule has 2 aromatic carbocycles.